The first-order valence-corrected chi connectivity index (χ1v) is 10.9. The second-order valence-electron chi connectivity index (χ2n) is 9.39. The molecular weight excluding hydrogens is 393 g/mol. The second-order valence-corrected chi connectivity index (χ2v) is 9.39. The standard InChI is InChI=1S/C25H32FN3O2/c1-25(2,3)16-23(30)28-20-12-14-29(15-13-20)22-7-5-4-6-21(22)24(31)27-17-18-8-10-19(26)11-9-18/h4-11,20H,12-17H2,1-3H3,(H,27,31)(H,28,30). The van der Waals surface area contributed by atoms with Gasteiger partial charge in [0.25, 0.3) is 5.91 Å². The lowest BCUT2D eigenvalue weighted by Gasteiger charge is -2.35. The number of amides is 2. The molecule has 3 rings (SSSR count). The van der Waals surface area contributed by atoms with E-state index < -0.39 is 0 Å². The predicted molar refractivity (Wildman–Crippen MR) is 121 cm³/mol. The van der Waals surface area contributed by atoms with Gasteiger partial charge in [-0.15, -0.1) is 0 Å². The van der Waals surface area contributed by atoms with Crippen LogP contribution < -0.4 is 15.5 Å². The molecule has 1 aliphatic rings. The van der Waals surface area contributed by atoms with Crippen LogP contribution in [-0.2, 0) is 11.3 Å². The zero-order valence-electron chi connectivity index (χ0n) is 18.6. The van der Waals surface area contributed by atoms with Gasteiger partial charge in [-0.2, -0.15) is 0 Å². The van der Waals surface area contributed by atoms with Gasteiger partial charge in [0, 0.05) is 37.8 Å². The summed E-state index contributed by atoms with van der Waals surface area (Å²) >= 11 is 0. The number of hydrogen-bond donors (Lipinski definition) is 2. The number of nitrogens with one attached hydrogen (secondary N) is 2. The topological polar surface area (TPSA) is 61.4 Å². The molecule has 0 spiro atoms. The predicted octanol–water partition coefficient (Wildman–Crippen LogP) is 4.28. The van der Waals surface area contributed by atoms with Crippen molar-refractivity contribution in [3.8, 4) is 0 Å². The van der Waals surface area contributed by atoms with Crippen LogP contribution in [0.5, 0.6) is 0 Å². The molecule has 1 fully saturated rings. The van der Waals surface area contributed by atoms with Crippen molar-refractivity contribution in [3.05, 3.63) is 65.5 Å². The summed E-state index contributed by atoms with van der Waals surface area (Å²) in [4.78, 5) is 27.3. The molecule has 0 aliphatic carbocycles. The Morgan fingerprint density at radius 2 is 1.68 bits per heavy atom. The van der Waals surface area contributed by atoms with Gasteiger partial charge in [-0.25, -0.2) is 4.39 Å². The molecule has 2 N–H and O–H groups in total. The van der Waals surface area contributed by atoms with Crippen LogP contribution in [0.2, 0.25) is 0 Å². The van der Waals surface area contributed by atoms with E-state index in [4.69, 9.17) is 0 Å². The highest BCUT2D eigenvalue weighted by Gasteiger charge is 2.25. The molecule has 166 valence electrons. The summed E-state index contributed by atoms with van der Waals surface area (Å²) in [5, 5.41) is 6.08. The molecule has 1 saturated heterocycles. The fourth-order valence-corrected chi connectivity index (χ4v) is 3.85. The van der Waals surface area contributed by atoms with Crippen molar-refractivity contribution >= 4 is 17.5 Å². The summed E-state index contributed by atoms with van der Waals surface area (Å²) in [6, 6.07) is 13.9. The number of carbonyl (C=O) groups excluding carboxylic acids is 2. The van der Waals surface area contributed by atoms with Gasteiger partial charge < -0.3 is 15.5 Å². The van der Waals surface area contributed by atoms with Gasteiger partial charge in [0.2, 0.25) is 5.91 Å². The first kappa shape index (κ1) is 22.8. The molecule has 2 amide bonds. The summed E-state index contributed by atoms with van der Waals surface area (Å²) in [5.74, 6) is -0.342. The van der Waals surface area contributed by atoms with E-state index in [9.17, 15) is 14.0 Å². The number of hydrogen-bond acceptors (Lipinski definition) is 3. The van der Waals surface area contributed by atoms with Crippen molar-refractivity contribution in [2.45, 2.75) is 52.6 Å². The molecule has 0 bridgehead atoms. The Hall–Kier alpha value is -2.89. The van der Waals surface area contributed by atoms with Crippen LogP contribution in [0.3, 0.4) is 0 Å². The third-order valence-electron chi connectivity index (χ3n) is 5.41. The lowest BCUT2D eigenvalue weighted by Crippen LogP contribution is -2.45. The molecule has 0 aromatic heterocycles. The quantitative estimate of drug-likeness (QED) is 0.726. The minimum absolute atomic E-state index is 0.0228. The maximum atomic E-state index is 13.1. The third-order valence-corrected chi connectivity index (χ3v) is 5.41. The van der Waals surface area contributed by atoms with Crippen molar-refractivity contribution in [1.82, 2.24) is 10.6 Å². The molecular formula is C25H32FN3O2. The van der Waals surface area contributed by atoms with E-state index in [0.717, 1.165) is 37.2 Å². The Balaban J connectivity index is 1.57. The number of nitrogens with zero attached hydrogens (tertiary/aromatic N) is 1. The van der Waals surface area contributed by atoms with Crippen molar-refractivity contribution in [1.29, 1.82) is 0 Å². The molecule has 1 aliphatic heterocycles. The smallest absolute Gasteiger partial charge is 0.253 e. The largest absolute Gasteiger partial charge is 0.371 e. The number of piperidine rings is 1. The van der Waals surface area contributed by atoms with Gasteiger partial charge in [-0.05, 0) is 48.1 Å². The SMILES string of the molecule is CC(C)(C)CC(=O)NC1CCN(c2ccccc2C(=O)NCc2ccc(F)cc2)CC1. The molecule has 6 heteroatoms. The Morgan fingerprint density at radius 3 is 2.32 bits per heavy atom. The van der Waals surface area contributed by atoms with Gasteiger partial charge in [0.05, 0.1) is 5.56 Å². The fraction of sp³-hybridized carbons (Fsp3) is 0.440. The summed E-state index contributed by atoms with van der Waals surface area (Å²) in [6.45, 7) is 8.09. The second kappa shape index (κ2) is 9.94. The molecule has 2 aromatic rings. The van der Waals surface area contributed by atoms with E-state index in [1.165, 1.54) is 12.1 Å². The van der Waals surface area contributed by atoms with Crippen LogP contribution in [0.1, 0.15) is 56.0 Å². The molecule has 0 atom stereocenters. The van der Waals surface area contributed by atoms with Gasteiger partial charge in [-0.3, -0.25) is 9.59 Å². The van der Waals surface area contributed by atoms with Crippen LogP contribution in [0.15, 0.2) is 48.5 Å². The Bertz CT molecular complexity index is 898. The summed E-state index contributed by atoms with van der Waals surface area (Å²) in [7, 11) is 0. The van der Waals surface area contributed by atoms with Gasteiger partial charge in [-0.1, -0.05) is 45.0 Å². The van der Waals surface area contributed by atoms with Crippen LogP contribution in [0, 0.1) is 11.2 Å². The van der Waals surface area contributed by atoms with E-state index in [1.54, 1.807) is 12.1 Å². The maximum absolute atomic E-state index is 13.1. The Labute approximate surface area is 184 Å². The van der Waals surface area contributed by atoms with Crippen LogP contribution in [0.4, 0.5) is 10.1 Å². The summed E-state index contributed by atoms with van der Waals surface area (Å²) < 4.78 is 13.1. The van der Waals surface area contributed by atoms with Gasteiger partial charge >= 0.3 is 0 Å². The van der Waals surface area contributed by atoms with E-state index >= 15 is 0 Å². The summed E-state index contributed by atoms with van der Waals surface area (Å²) in [6.07, 6.45) is 2.22. The molecule has 1 heterocycles. The fourth-order valence-electron chi connectivity index (χ4n) is 3.85. The highest BCUT2D eigenvalue weighted by molar-refractivity contribution is 5.99. The van der Waals surface area contributed by atoms with Gasteiger partial charge in [0.15, 0.2) is 0 Å². The van der Waals surface area contributed by atoms with E-state index in [1.807, 2.05) is 24.3 Å². The number of benzene rings is 2. The molecule has 0 saturated carbocycles. The Kier molecular flexibility index (Phi) is 7.31. The lowest BCUT2D eigenvalue weighted by molar-refractivity contribution is -0.123. The van der Waals surface area contributed by atoms with Crippen molar-refractivity contribution in [3.63, 3.8) is 0 Å². The zero-order chi connectivity index (χ0) is 22.4. The Morgan fingerprint density at radius 1 is 1.03 bits per heavy atom. The van der Waals surface area contributed by atoms with Crippen molar-refractivity contribution in [2.24, 2.45) is 5.41 Å². The molecule has 2 aromatic carbocycles. The minimum Gasteiger partial charge on any atom is -0.371 e. The third kappa shape index (κ3) is 6.81. The van der Waals surface area contributed by atoms with Crippen LogP contribution in [-0.4, -0.2) is 30.9 Å². The summed E-state index contributed by atoms with van der Waals surface area (Å²) in [5.41, 5.74) is 2.35. The number of carbonyl (C=O) groups is 2. The maximum Gasteiger partial charge on any atom is 0.253 e. The van der Waals surface area contributed by atoms with E-state index in [2.05, 4.69) is 36.3 Å². The van der Waals surface area contributed by atoms with Crippen LogP contribution >= 0.6 is 0 Å². The molecule has 31 heavy (non-hydrogen) atoms. The molecule has 0 radical (unpaired) electrons. The van der Waals surface area contributed by atoms with Crippen LogP contribution in [0.25, 0.3) is 0 Å². The highest BCUT2D eigenvalue weighted by atomic mass is 19.1. The minimum atomic E-state index is -0.293. The number of halogens is 1. The van der Waals surface area contributed by atoms with Gasteiger partial charge in [0.1, 0.15) is 5.82 Å². The monoisotopic (exact) mass is 425 g/mol. The van der Waals surface area contributed by atoms with E-state index in [-0.39, 0.29) is 29.1 Å². The first-order valence-electron chi connectivity index (χ1n) is 10.9. The number of para-hydroxylation sites is 1. The molecule has 5 nitrogen and oxygen atoms in total. The van der Waals surface area contributed by atoms with Crippen molar-refractivity contribution < 1.29 is 14.0 Å². The number of anilines is 1. The average Bonchev–Trinajstić information content (AvgIpc) is 2.72. The molecule has 0 unspecified atom stereocenters. The normalized spacial score (nSPS) is 14.9. The van der Waals surface area contributed by atoms with Crippen molar-refractivity contribution in [2.75, 3.05) is 18.0 Å². The average molecular weight is 426 g/mol. The highest BCUT2D eigenvalue weighted by Crippen LogP contribution is 2.25. The lowest BCUT2D eigenvalue weighted by atomic mass is 9.91. The van der Waals surface area contributed by atoms with E-state index in [0.29, 0.717) is 18.5 Å². The first-order chi connectivity index (χ1) is 14.7. The zero-order valence-corrected chi connectivity index (χ0v) is 18.6. The number of rotatable bonds is 6.